The lowest BCUT2D eigenvalue weighted by molar-refractivity contribution is -0.118. The van der Waals surface area contributed by atoms with Crippen molar-refractivity contribution in [2.75, 3.05) is 59.9 Å². The normalized spacial score (nSPS) is 16.1. The number of ether oxygens (including phenoxy) is 1. The summed E-state index contributed by atoms with van der Waals surface area (Å²) in [4.78, 5) is 27.1. The van der Waals surface area contributed by atoms with Crippen LogP contribution in [-0.2, 0) is 14.8 Å². The molecule has 2 aliphatic rings. The lowest BCUT2D eigenvalue weighted by Crippen LogP contribution is -2.48. The number of aryl methyl sites for hydroxylation is 1. The lowest BCUT2D eigenvalue weighted by Gasteiger charge is -2.33. The Morgan fingerprint density at radius 2 is 1.78 bits per heavy atom. The number of nitrogens with one attached hydrogen (secondary N) is 3. The van der Waals surface area contributed by atoms with Crippen LogP contribution in [0.4, 0.5) is 34.6 Å². The van der Waals surface area contributed by atoms with Gasteiger partial charge in [-0.1, -0.05) is 0 Å². The molecule has 3 aromatic rings. The van der Waals surface area contributed by atoms with Gasteiger partial charge in [-0.25, -0.2) is 18.4 Å². The van der Waals surface area contributed by atoms with Gasteiger partial charge < -0.3 is 25.6 Å². The molecule has 1 fully saturated rings. The van der Waals surface area contributed by atoms with E-state index < -0.39 is 10.0 Å². The Kier molecular flexibility index (Phi) is 6.33. The number of hydrogen-bond acceptors (Lipinski definition) is 10. The Bertz CT molecular complexity index is 1390. The fourth-order valence-corrected chi connectivity index (χ4v) is 4.78. The van der Waals surface area contributed by atoms with Gasteiger partial charge in [-0.3, -0.25) is 4.79 Å². The Hall–Kier alpha value is -3.97. The van der Waals surface area contributed by atoms with Crippen LogP contribution in [0.25, 0.3) is 0 Å². The average molecular weight is 511 g/mol. The number of piperazine rings is 1. The van der Waals surface area contributed by atoms with Crippen LogP contribution >= 0.6 is 0 Å². The third-order valence-corrected chi connectivity index (χ3v) is 7.19. The molecule has 36 heavy (non-hydrogen) atoms. The summed E-state index contributed by atoms with van der Waals surface area (Å²) in [5, 5.41) is 9.22. The van der Waals surface area contributed by atoms with Crippen LogP contribution in [0.3, 0.4) is 0 Å². The highest BCUT2D eigenvalue weighted by molar-refractivity contribution is 7.88. The molecule has 0 radical (unpaired) electrons. The maximum absolute atomic E-state index is 11.7. The smallest absolute Gasteiger partial charge is 0.262 e. The molecule has 3 N–H and O–H groups in total. The van der Waals surface area contributed by atoms with Crippen molar-refractivity contribution in [2.24, 2.45) is 0 Å². The lowest BCUT2D eigenvalue weighted by atomic mass is 10.2. The van der Waals surface area contributed by atoms with E-state index in [1.165, 1.54) is 10.6 Å². The van der Waals surface area contributed by atoms with E-state index in [2.05, 4.69) is 35.8 Å². The van der Waals surface area contributed by atoms with Crippen LogP contribution in [0.15, 0.2) is 42.7 Å². The average Bonchev–Trinajstić information content (AvgIpc) is 2.86. The predicted octanol–water partition coefficient (Wildman–Crippen LogP) is 2.08. The third-order valence-electron chi connectivity index (χ3n) is 5.88. The van der Waals surface area contributed by atoms with E-state index in [0.717, 1.165) is 22.8 Å². The summed E-state index contributed by atoms with van der Waals surface area (Å²) in [5.74, 6) is 2.22. The highest BCUT2D eigenvalue weighted by Gasteiger charge is 2.24. The number of anilines is 6. The number of benzene rings is 1. The summed E-state index contributed by atoms with van der Waals surface area (Å²) in [6.07, 6.45) is 4.64. The van der Waals surface area contributed by atoms with Crippen molar-refractivity contribution in [3.8, 4) is 5.75 Å². The number of carbonyl (C=O) groups excluding carboxylic acids is 1. The van der Waals surface area contributed by atoms with Crippen LogP contribution in [0.5, 0.6) is 5.75 Å². The Morgan fingerprint density at radius 1 is 1.00 bits per heavy atom. The van der Waals surface area contributed by atoms with Crippen molar-refractivity contribution in [2.45, 2.75) is 6.92 Å². The van der Waals surface area contributed by atoms with Crippen LogP contribution in [-0.4, -0.2) is 72.6 Å². The molecular weight excluding hydrogens is 484 g/mol. The molecule has 4 heterocycles. The van der Waals surface area contributed by atoms with Gasteiger partial charge in [0.05, 0.1) is 23.8 Å². The molecular formula is C23H26N8O4S. The molecule has 1 amide bonds. The first-order valence-electron chi connectivity index (χ1n) is 11.4. The number of carbonyl (C=O) groups is 1. The second-order valence-electron chi connectivity index (χ2n) is 8.58. The molecule has 2 aromatic heterocycles. The van der Waals surface area contributed by atoms with E-state index in [1.54, 1.807) is 24.5 Å². The second kappa shape index (κ2) is 9.59. The summed E-state index contributed by atoms with van der Waals surface area (Å²) in [6, 6.07) is 9.20. The molecule has 2 aliphatic heterocycles. The number of sulfonamides is 1. The predicted molar refractivity (Wildman–Crippen MR) is 137 cm³/mol. The second-order valence-corrected chi connectivity index (χ2v) is 10.6. The van der Waals surface area contributed by atoms with Gasteiger partial charge in [-0.2, -0.15) is 9.29 Å². The van der Waals surface area contributed by atoms with Crippen LogP contribution in [0, 0.1) is 6.92 Å². The number of amides is 1. The van der Waals surface area contributed by atoms with E-state index in [1.807, 2.05) is 25.1 Å². The summed E-state index contributed by atoms with van der Waals surface area (Å²) in [5.41, 5.74) is 2.91. The standard InChI is InChI=1S/C23H26N8O4S/c1-15-12-25-23(29-22(15)26-16-3-5-19-18(11-16)28-21(32)14-35-19)27-17-4-6-20(24-13-17)30-7-9-31(10-8-30)36(2,33)34/h3-6,11-13H,7-10,14H2,1-2H3,(H,28,32)(H2,25,26,27,29). The summed E-state index contributed by atoms with van der Waals surface area (Å²) in [7, 11) is -3.17. The SMILES string of the molecule is Cc1cnc(Nc2ccc(N3CCN(S(C)(=O)=O)CC3)nc2)nc1Nc1ccc2c(c1)NC(=O)CO2. The molecule has 0 unspecified atom stereocenters. The quantitative estimate of drug-likeness (QED) is 0.451. The van der Waals surface area contributed by atoms with Gasteiger partial charge in [0.1, 0.15) is 17.4 Å². The fourth-order valence-electron chi connectivity index (χ4n) is 3.95. The molecule has 12 nitrogen and oxygen atoms in total. The zero-order chi connectivity index (χ0) is 25.3. The maximum atomic E-state index is 11.7. The highest BCUT2D eigenvalue weighted by Crippen LogP contribution is 2.32. The summed E-state index contributed by atoms with van der Waals surface area (Å²) >= 11 is 0. The molecule has 0 spiro atoms. The van der Waals surface area contributed by atoms with Gasteiger partial charge in [0, 0.05) is 43.6 Å². The van der Waals surface area contributed by atoms with Crippen molar-refractivity contribution >= 4 is 50.6 Å². The van der Waals surface area contributed by atoms with E-state index >= 15 is 0 Å². The minimum absolute atomic E-state index is 0.00940. The first-order valence-corrected chi connectivity index (χ1v) is 13.2. The Balaban J connectivity index is 1.25. The van der Waals surface area contributed by atoms with Crippen molar-refractivity contribution in [3.05, 3.63) is 48.3 Å². The highest BCUT2D eigenvalue weighted by atomic mass is 32.2. The van der Waals surface area contributed by atoms with Crippen LogP contribution in [0.2, 0.25) is 0 Å². The number of fused-ring (bicyclic) bond motifs is 1. The van der Waals surface area contributed by atoms with Gasteiger partial charge in [0.25, 0.3) is 5.91 Å². The number of nitrogens with zero attached hydrogens (tertiary/aromatic N) is 5. The van der Waals surface area contributed by atoms with Crippen LogP contribution in [0.1, 0.15) is 5.56 Å². The van der Waals surface area contributed by atoms with Crippen molar-refractivity contribution in [1.29, 1.82) is 0 Å². The van der Waals surface area contributed by atoms with Crippen LogP contribution < -0.4 is 25.6 Å². The third kappa shape index (κ3) is 5.31. The van der Waals surface area contributed by atoms with E-state index in [-0.39, 0.29) is 12.5 Å². The van der Waals surface area contributed by atoms with E-state index in [9.17, 15) is 13.2 Å². The largest absolute Gasteiger partial charge is 0.482 e. The van der Waals surface area contributed by atoms with Gasteiger partial charge in [0.2, 0.25) is 16.0 Å². The minimum Gasteiger partial charge on any atom is -0.482 e. The van der Waals surface area contributed by atoms with E-state index in [4.69, 9.17) is 4.74 Å². The zero-order valence-electron chi connectivity index (χ0n) is 19.9. The monoisotopic (exact) mass is 510 g/mol. The number of aromatic nitrogens is 3. The van der Waals surface area contributed by atoms with Crippen molar-refractivity contribution in [1.82, 2.24) is 19.3 Å². The zero-order valence-corrected chi connectivity index (χ0v) is 20.7. The maximum Gasteiger partial charge on any atom is 0.262 e. The first-order chi connectivity index (χ1) is 17.2. The molecule has 0 bridgehead atoms. The summed E-state index contributed by atoms with van der Waals surface area (Å²) < 4.78 is 30.3. The molecule has 188 valence electrons. The van der Waals surface area contributed by atoms with Crippen molar-refractivity contribution in [3.63, 3.8) is 0 Å². The molecule has 13 heteroatoms. The van der Waals surface area contributed by atoms with Gasteiger partial charge >= 0.3 is 0 Å². The first kappa shape index (κ1) is 23.8. The molecule has 0 saturated carbocycles. The van der Waals surface area contributed by atoms with Crippen molar-refractivity contribution < 1.29 is 17.9 Å². The Morgan fingerprint density at radius 3 is 2.50 bits per heavy atom. The van der Waals surface area contributed by atoms with Gasteiger partial charge in [-0.05, 0) is 37.3 Å². The Labute approximate surface area is 208 Å². The van der Waals surface area contributed by atoms with E-state index in [0.29, 0.717) is 49.4 Å². The van der Waals surface area contributed by atoms with Gasteiger partial charge in [-0.15, -0.1) is 0 Å². The number of pyridine rings is 1. The minimum atomic E-state index is -3.17. The molecule has 5 rings (SSSR count). The topological polar surface area (TPSA) is 142 Å². The fraction of sp³-hybridized carbons (Fsp3) is 0.304. The molecule has 0 aliphatic carbocycles. The molecule has 1 saturated heterocycles. The van der Waals surface area contributed by atoms with Gasteiger partial charge in [0.15, 0.2) is 6.61 Å². The number of rotatable bonds is 6. The number of hydrogen-bond donors (Lipinski definition) is 3. The molecule has 1 aromatic carbocycles. The summed E-state index contributed by atoms with van der Waals surface area (Å²) in [6.45, 7) is 3.96. The molecule has 0 atom stereocenters.